The highest BCUT2D eigenvalue weighted by molar-refractivity contribution is 5.79. The molecule has 0 aromatic carbocycles. The molecule has 0 amide bonds. The Kier molecular flexibility index (Phi) is 1.12. The Labute approximate surface area is 49.2 Å². The molecule has 1 atom stereocenters. The molecule has 8 heavy (non-hydrogen) atoms. The van der Waals surface area contributed by atoms with E-state index in [1.807, 2.05) is 11.9 Å². The molecule has 3 nitrogen and oxygen atoms in total. The van der Waals surface area contributed by atoms with E-state index in [0.717, 1.165) is 6.54 Å². The van der Waals surface area contributed by atoms with Gasteiger partial charge < -0.3 is 10.6 Å². The third kappa shape index (κ3) is 0.638. The minimum Gasteiger partial charge on any atom is -0.370 e. The van der Waals surface area contributed by atoms with E-state index in [1.54, 1.807) is 0 Å². The van der Waals surface area contributed by atoms with Crippen LogP contribution in [0.5, 0.6) is 0 Å². The maximum atomic E-state index is 5.44. The summed E-state index contributed by atoms with van der Waals surface area (Å²) in [5.41, 5.74) is 5.44. The molecule has 3 heteroatoms. The first-order chi connectivity index (χ1) is 3.72. The highest BCUT2D eigenvalue weighted by atomic mass is 15.3. The third-order valence-electron chi connectivity index (χ3n) is 1.54. The summed E-state index contributed by atoms with van der Waals surface area (Å²) in [6.45, 7) is 2.95. The molecule has 1 aliphatic heterocycles. The summed E-state index contributed by atoms with van der Waals surface area (Å²) >= 11 is 0. The van der Waals surface area contributed by atoms with Crippen LogP contribution in [-0.2, 0) is 0 Å². The molecule has 0 aliphatic carbocycles. The lowest BCUT2D eigenvalue weighted by Gasteiger charge is -2.15. The molecule has 0 aromatic rings. The first-order valence-electron chi connectivity index (χ1n) is 2.74. The van der Waals surface area contributed by atoms with Crippen molar-refractivity contribution in [3.05, 3.63) is 0 Å². The van der Waals surface area contributed by atoms with Crippen LogP contribution in [0.4, 0.5) is 0 Å². The monoisotopic (exact) mass is 113 g/mol. The standard InChI is InChI=1S/C5H11N3/c1-4-3-7-5(6)8(4)2/h4H,3H2,1-2H3,(H2,6,7)/t4-/m1/s1. The van der Waals surface area contributed by atoms with E-state index in [-0.39, 0.29) is 0 Å². The van der Waals surface area contributed by atoms with Gasteiger partial charge in [-0.2, -0.15) is 0 Å². The summed E-state index contributed by atoms with van der Waals surface area (Å²) in [7, 11) is 1.95. The van der Waals surface area contributed by atoms with Gasteiger partial charge in [0.15, 0.2) is 5.96 Å². The second kappa shape index (κ2) is 1.65. The average molecular weight is 113 g/mol. The number of hydrogen-bond acceptors (Lipinski definition) is 3. The number of likely N-dealkylation sites (N-methyl/N-ethyl adjacent to an activating group) is 1. The van der Waals surface area contributed by atoms with Gasteiger partial charge >= 0.3 is 0 Å². The number of nitrogens with zero attached hydrogens (tertiary/aromatic N) is 2. The van der Waals surface area contributed by atoms with Gasteiger partial charge in [0, 0.05) is 13.1 Å². The molecule has 1 aliphatic rings. The number of rotatable bonds is 0. The Balaban J connectivity index is 2.59. The lowest BCUT2D eigenvalue weighted by Crippen LogP contribution is -2.35. The van der Waals surface area contributed by atoms with E-state index in [9.17, 15) is 0 Å². The Morgan fingerprint density at radius 1 is 1.88 bits per heavy atom. The molecule has 0 fully saturated rings. The van der Waals surface area contributed by atoms with Crippen LogP contribution in [-0.4, -0.2) is 30.5 Å². The largest absolute Gasteiger partial charge is 0.370 e. The fourth-order valence-corrected chi connectivity index (χ4v) is 0.685. The molecule has 1 rings (SSSR count). The predicted molar refractivity (Wildman–Crippen MR) is 33.7 cm³/mol. The minimum absolute atomic E-state index is 0.495. The fourth-order valence-electron chi connectivity index (χ4n) is 0.685. The van der Waals surface area contributed by atoms with Crippen molar-refractivity contribution in [1.82, 2.24) is 4.90 Å². The second-order valence-corrected chi connectivity index (χ2v) is 2.16. The van der Waals surface area contributed by atoms with Crippen LogP contribution in [0.2, 0.25) is 0 Å². The summed E-state index contributed by atoms with van der Waals surface area (Å²) < 4.78 is 0. The number of hydrogen-bond donors (Lipinski definition) is 1. The SMILES string of the molecule is C[C@@H]1CN=C(N)N1C. The van der Waals surface area contributed by atoms with Crippen molar-refractivity contribution in [3.63, 3.8) is 0 Å². The molecule has 0 saturated heterocycles. The summed E-state index contributed by atoms with van der Waals surface area (Å²) in [5.74, 6) is 0.664. The Hall–Kier alpha value is -0.730. The van der Waals surface area contributed by atoms with Gasteiger partial charge in [-0.05, 0) is 6.92 Å². The van der Waals surface area contributed by atoms with Gasteiger partial charge in [-0.3, -0.25) is 4.99 Å². The molecule has 1 heterocycles. The first kappa shape index (κ1) is 5.41. The van der Waals surface area contributed by atoms with Crippen molar-refractivity contribution in [1.29, 1.82) is 0 Å². The van der Waals surface area contributed by atoms with Gasteiger partial charge in [-0.25, -0.2) is 0 Å². The zero-order valence-corrected chi connectivity index (χ0v) is 5.26. The highest BCUT2D eigenvalue weighted by Gasteiger charge is 2.15. The Morgan fingerprint density at radius 3 is 2.62 bits per heavy atom. The summed E-state index contributed by atoms with van der Waals surface area (Å²) in [6.07, 6.45) is 0. The zero-order valence-electron chi connectivity index (χ0n) is 5.26. The van der Waals surface area contributed by atoms with E-state index in [2.05, 4.69) is 11.9 Å². The van der Waals surface area contributed by atoms with Crippen molar-refractivity contribution in [2.45, 2.75) is 13.0 Å². The van der Waals surface area contributed by atoms with Crippen LogP contribution in [0.15, 0.2) is 4.99 Å². The van der Waals surface area contributed by atoms with Crippen molar-refractivity contribution in [3.8, 4) is 0 Å². The highest BCUT2D eigenvalue weighted by Crippen LogP contribution is 2.02. The predicted octanol–water partition coefficient (Wildman–Crippen LogP) is -0.365. The molecular weight excluding hydrogens is 102 g/mol. The summed E-state index contributed by atoms with van der Waals surface area (Å²) in [6, 6.07) is 0.495. The van der Waals surface area contributed by atoms with Crippen LogP contribution >= 0.6 is 0 Å². The smallest absolute Gasteiger partial charge is 0.191 e. The van der Waals surface area contributed by atoms with Gasteiger partial charge in [-0.1, -0.05) is 0 Å². The van der Waals surface area contributed by atoms with Crippen LogP contribution in [0.25, 0.3) is 0 Å². The van der Waals surface area contributed by atoms with E-state index in [4.69, 9.17) is 5.73 Å². The molecule has 46 valence electrons. The Morgan fingerprint density at radius 2 is 2.50 bits per heavy atom. The van der Waals surface area contributed by atoms with Crippen LogP contribution < -0.4 is 5.73 Å². The quantitative estimate of drug-likeness (QED) is 0.466. The van der Waals surface area contributed by atoms with Crippen molar-refractivity contribution in [2.24, 2.45) is 10.7 Å². The van der Waals surface area contributed by atoms with Gasteiger partial charge in [0.1, 0.15) is 0 Å². The second-order valence-electron chi connectivity index (χ2n) is 2.16. The number of guanidine groups is 1. The Bertz CT molecular complexity index is 119. The van der Waals surface area contributed by atoms with E-state index >= 15 is 0 Å². The molecule has 0 saturated carbocycles. The molecule has 0 unspecified atom stereocenters. The van der Waals surface area contributed by atoms with Crippen LogP contribution in [0.1, 0.15) is 6.92 Å². The zero-order chi connectivity index (χ0) is 6.15. The normalized spacial score (nSPS) is 28.5. The van der Waals surface area contributed by atoms with Gasteiger partial charge in [0.05, 0.1) is 6.54 Å². The van der Waals surface area contributed by atoms with Gasteiger partial charge in [-0.15, -0.1) is 0 Å². The van der Waals surface area contributed by atoms with E-state index in [0.29, 0.717) is 12.0 Å². The van der Waals surface area contributed by atoms with E-state index < -0.39 is 0 Å². The molecule has 0 radical (unpaired) electrons. The van der Waals surface area contributed by atoms with Gasteiger partial charge in [0.25, 0.3) is 0 Å². The molecule has 0 bridgehead atoms. The van der Waals surface area contributed by atoms with Crippen molar-refractivity contribution >= 4 is 5.96 Å². The maximum Gasteiger partial charge on any atom is 0.191 e. The maximum absolute atomic E-state index is 5.44. The summed E-state index contributed by atoms with van der Waals surface area (Å²) in [4.78, 5) is 5.99. The number of aliphatic imine (C=N–C) groups is 1. The fraction of sp³-hybridized carbons (Fsp3) is 0.800. The lowest BCUT2D eigenvalue weighted by molar-refractivity contribution is 0.429. The molecular formula is C5H11N3. The third-order valence-corrected chi connectivity index (χ3v) is 1.54. The minimum atomic E-state index is 0.495. The first-order valence-corrected chi connectivity index (χ1v) is 2.74. The topological polar surface area (TPSA) is 41.6 Å². The molecule has 0 spiro atoms. The van der Waals surface area contributed by atoms with Crippen LogP contribution in [0.3, 0.4) is 0 Å². The lowest BCUT2D eigenvalue weighted by atomic mass is 10.3. The number of nitrogens with two attached hydrogens (primary N) is 1. The van der Waals surface area contributed by atoms with Crippen LogP contribution in [0, 0.1) is 0 Å². The van der Waals surface area contributed by atoms with E-state index in [1.165, 1.54) is 0 Å². The van der Waals surface area contributed by atoms with Crippen molar-refractivity contribution in [2.75, 3.05) is 13.6 Å². The molecule has 0 aromatic heterocycles. The summed E-state index contributed by atoms with van der Waals surface area (Å²) in [5, 5.41) is 0. The van der Waals surface area contributed by atoms with Gasteiger partial charge in [0.2, 0.25) is 0 Å². The average Bonchev–Trinajstić information content (AvgIpc) is 1.98. The molecule has 2 N–H and O–H groups in total. The van der Waals surface area contributed by atoms with Crippen molar-refractivity contribution < 1.29 is 0 Å².